The Morgan fingerprint density at radius 3 is 2.81 bits per heavy atom. The van der Waals surface area contributed by atoms with Gasteiger partial charge in [-0.2, -0.15) is 0 Å². The van der Waals surface area contributed by atoms with Gasteiger partial charge in [0, 0.05) is 24.1 Å². The molecule has 3 rings (SSSR count). The zero-order valence-corrected chi connectivity index (χ0v) is 9.52. The highest BCUT2D eigenvalue weighted by Crippen LogP contribution is 2.28. The summed E-state index contributed by atoms with van der Waals surface area (Å²) >= 11 is 0. The van der Waals surface area contributed by atoms with E-state index < -0.39 is 0 Å². The summed E-state index contributed by atoms with van der Waals surface area (Å²) in [6.07, 6.45) is 8.76. The topological polar surface area (TPSA) is 26.4 Å². The van der Waals surface area contributed by atoms with E-state index in [0.29, 0.717) is 6.04 Å². The van der Waals surface area contributed by atoms with E-state index in [0.717, 1.165) is 24.1 Å². The van der Waals surface area contributed by atoms with E-state index in [-0.39, 0.29) is 5.56 Å². The van der Waals surface area contributed by atoms with Crippen molar-refractivity contribution in [2.45, 2.75) is 38.6 Å². The lowest BCUT2D eigenvalue weighted by molar-refractivity contribution is 0.500. The van der Waals surface area contributed by atoms with Gasteiger partial charge in [0.05, 0.1) is 0 Å². The number of hydrogen-bond acceptors (Lipinski definition) is 1. The van der Waals surface area contributed by atoms with Gasteiger partial charge < -0.3 is 8.97 Å². The van der Waals surface area contributed by atoms with Crippen LogP contribution in [0.5, 0.6) is 0 Å². The highest BCUT2D eigenvalue weighted by Gasteiger charge is 2.19. The summed E-state index contributed by atoms with van der Waals surface area (Å²) in [4.78, 5) is 12.3. The minimum atomic E-state index is 0.155. The molecule has 3 nitrogen and oxygen atoms in total. The van der Waals surface area contributed by atoms with Crippen molar-refractivity contribution < 1.29 is 0 Å². The van der Waals surface area contributed by atoms with E-state index in [1.54, 1.807) is 0 Å². The van der Waals surface area contributed by atoms with Crippen LogP contribution in [0.25, 0.3) is 5.52 Å². The van der Waals surface area contributed by atoms with Crippen LogP contribution in [-0.2, 0) is 0 Å². The molecule has 0 spiro atoms. The van der Waals surface area contributed by atoms with Crippen molar-refractivity contribution in [3.8, 4) is 0 Å². The number of fused-ring (bicyclic) bond motifs is 1. The highest BCUT2D eigenvalue weighted by atomic mass is 16.1. The fourth-order valence-corrected chi connectivity index (χ4v) is 2.77. The van der Waals surface area contributed by atoms with Crippen molar-refractivity contribution >= 4 is 5.52 Å². The van der Waals surface area contributed by atoms with Crippen LogP contribution in [0.4, 0.5) is 0 Å². The molecule has 0 unspecified atom stereocenters. The molecule has 0 radical (unpaired) electrons. The molecule has 3 heteroatoms. The van der Waals surface area contributed by atoms with E-state index >= 15 is 0 Å². The van der Waals surface area contributed by atoms with E-state index in [9.17, 15) is 4.79 Å². The van der Waals surface area contributed by atoms with E-state index in [1.807, 2.05) is 33.5 Å². The third-order valence-corrected chi connectivity index (χ3v) is 3.63. The normalized spacial score (nSPS) is 17.3. The van der Waals surface area contributed by atoms with Gasteiger partial charge in [-0.15, -0.1) is 0 Å². The van der Waals surface area contributed by atoms with Crippen molar-refractivity contribution in [3.05, 3.63) is 40.6 Å². The third-order valence-electron chi connectivity index (χ3n) is 3.63. The molecule has 0 amide bonds. The first-order chi connectivity index (χ1) is 7.77. The summed E-state index contributed by atoms with van der Waals surface area (Å²) in [7, 11) is 0. The molecule has 1 saturated carbocycles. The lowest BCUT2D eigenvalue weighted by Crippen LogP contribution is -2.25. The summed E-state index contributed by atoms with van der Waals surface area (Å²) in [5, 5.41) is 0. The van der Waals surface area contributed by atoms with Crippen molar-refractivity contribution in [2.75, 3.05) is 0 Å². The minimum absolute atomic E-state index is 0.155. The third kappa shape index (κ3) is 1.31. The predicted molar refractivity (Wildman–Crippen MR) is 63.9 cm³/mol. The quantitative estimate of drug-likeness (QED) is 0.719. The van der Waals surface area contributed by atoms with Gasteiger partial charge in [-0.3, -0.25) is 4.79 Å². The van der Waals surface area contributed by atoms with Crippen LogP contribution < -0.4 is 5.56 Å². The lowest BCUT2D eigenvalue weighted by atomic mass is 10.2. The Bertz CT molecular complexity index is 573. The molecule has 0 bridgehead atoms. The van der Waals surface area contributed by atoms with E-state index in [2.05, 4.69) is 6.92 Å². The molecule has 1 aliphatic carbocycles. The number of aryl methyl sites for hydroxylation is 1. The van der Waals surface area contributed by atoms with Crippen LogP contribution >= 0.6 is 0 Å². The fraction of sp³-hybridized carbons (Fsp3) is 0.462. The Kier molecular flexibility index (Phi) is 2.13. The molecule has 2 heterocycles. The van der Waals surface area contributed by atoms with Crippen LogP contribution in [0.3, 0.4) is 0 Å². The standard InChI is InChI=1S/C13H16N2O/c1-10-9-15(11-5-2-3-6-11)13(16)12-7-4-8-14(10)12/h4,7-9,11H,2-3,5-6H2,1H3. The van der Waals surface area contributed by atoms with Crippen molar-refractivity contribution in [3.63, 3.8) is 0 Å². The van der Waals surface area contributed by atoms with Crippen LogP contribution in [-0.4, -0.2) is 8.97 Å². The first kappa shape index (κ1) is 9.70. The molecule has 2 aromatic rings. The smallest absolute Gasteiger partial charge is 0.275 e. The molecule has 84 valence electrons. The second-order valence-electron chi connectivity index (χ2n) is 4.68. The van der Waals surface area contributed by atoms with Gasteiger partial charge in [0.1, 0.15) is 5.52 Å². The maximum atomic E-state index is 12.3. The number of rotatable bonds is 1. The first-order valence-corrected chi connectivity index (χ1v) is 5.96. The summed E-state index contributed by atoms with van der Waals surface area (Å²) in [6, 6.07) is 4.26. The van der Waals surface area contributed by atoms with Crippen LogP contribution in [0.15, 0.2) is 29.3 Å². The van der Waals surface area contributed by atoms with Gasteiger partial charge in [-0.25, -0.2) is 0 Å². The van der Waals surface area contributed by atoms with Crippen LogP contribution in [0.2, 0.25) is 0 Å². The van der Waals surface area contributed by atoms with Gasteiger partial charge >= 0.3 is 0 Å². The molecule has 2 aromatic heterocycles. The molecule has 0 aliphatic heterocycles. The number of nitrogens with zero attached hydrogens (tertiary/aromatic N) is 2. The van der Waals surface area contributed by atoms with Gasteiger partial charge in [-0.05, 0) is 31.9 Å². The van der Waals surface area contributed by atoms with Crippen LogP contribution in [0.1, 0.15) is 37.4 Å². The van der Waals surface area contributed by atoms with Crippen LogP contribution in [0, 0.1) is 6.92 Å². The molecule has 0 aromatic carbocycles. The zero-order valence-electron chi connectivity index (χ0n) is 9.52. The fourth-order valence-electron chi connectivity index (χ4n) is 2.77. The molecule has 1 aliphatic rings. The second-order valence-corrected chi connectivity index (χ2v) is 4.68. The monoisotopic (exact) mass is 216 g/mol. The summed E-state index contributed by atoms with van der Waals surface area (Å²) in [6.45, 7) is 2.05. The SMILES string of the molecule is Cc1cn(C2CCCC2)c(=O)c2cccn12. The van der Waals surface area contributed by atoms with Crippen molar-refractivity contribution in [1.29, 1.82) is 0 Å². The average Bonchev–Trinajstić information content (AvgIpc) is 2.92. The van der Waals surface area contributed by atoms with Gasteiger partial charge in [0.2, 0.25) is 0 Å². The summed E-state index contributed by atoms with van der Waals surface area (Å²) in [5.41, 5.74) is 2.08. The molecular formula is C13H16N2O. The highest BCUT2D eigenvalue weighted by molar-refractivity contribution is 5.46. The molecule has 0 N–H and O–H groups in total. The first-order valence-electron chi connectivity index (χ1n) is 5.96. The summed E-state index contributed by atoms with van der Waals surface area (Å²) in [5.74, 6) is 0. The van der Waals surface area contributed by atoms with Gasteiger partial charge in [0.25, 0.3) is 5.56 Å². The maximum absolute atomic E-state index is 12.3. The Hall–Kier alpha value is -1.51. The largest absolute Gasteiger partial charge is 0.315 e. The predicted octanol–water partition coefficient (Wildman–Crippen LogP) is 2.52. The summed E-state index contributed by atoms with van der Waals surface area (Å²) < 4.78 is 3.91. The minimum Gasteiger partial charge on any atom is -0.315 e. The van der Waals surface area contributed by atoms with Crippen molar-refractivity contribution in [1.82, 2.24) is 8.97 Å². The number of hydrogen-bond donors (Lipinski definition) is 0. The second kappa shape index (κ2) is 3.51. The van der Waals surface area contributed by atoms with Crippen molar-refractivity contribution in [2.24, 2.45) is 0 Å². The molecule has 16 heavy (non-hydrogen) atoms. The molecule has 0 saturated heterocycles. The van der Waals surface area contributed by atoms with E-state index in [1.165, 1.54) is 12.8 Å². The van der Waals surface area contributed by atoms with Gasteiger partial charge in [-0.1, -0.05) is 12.8 Å². The number of aromatic nitrogens is 2. The zero-order chi connectivity index (χ0) is 11.1. The molecule has 1 fully saturated rings. The Morgan fingerprint density at radius 2 is 2.06 bits per heavy atom. The molecule has 0 atom stereocenters. The maximum Gasteiger partial charge on any atom is 0.275 e. The van der Waals surface area contributed by atoms with E-state index in [4.69, 9.17) is 0 Å². The Balaban J connectivity index is 2.24. The Morgan fingerprint density at radius 1 is 1.31 bits per heavy atom. The Labute approximate surface area is 94.3 Å². The lowest BCUT2D eigenvalue weighted by Gasteiger charge is -2.15. The van der Waals surface area contributed by atoms with Gasteiger partial charge in [0.15, 0.2) is 0 Å². The molecular weight excluding hydrogens is 200 g/mol. The average molecular weight is 216 g/mol.